The van der Waals surface area contributed by atoms with Gasteiger partial charge < -0.3 is 69.4 Å². The molecule has 8 rings (SSSR count). The molecule has 90 heavy (non-hydrogen) atoms. The first-order valence-corrected chi connectivity index (χ1v) is 32.1. The highest BCUT2D eigenvalue weighted by atomic mass is 31.2. The van der Waals surface area contributed by atoms with Crippen molar-refractivity contribution in [3.05, 3.63) is 63.9 Å². The summed E-state index contributed by atoms with van der Waals surface area (Å²) in [5.41, 5.74) is 37.4. The van der Waals surface area contributed by atoms with Crippen LogP contribution in [-0.2, 0) is 51.9 Å². The van der Waals surface area contributed by atoms with Gasteiger partial charge in [0.05, 0.1) is 41.7 Å². The molecule has 2 aromatic rings. The number of aromatic nitrogens is 2. The fourth-order valence-corrected chi connectivity index (χ4v) is 16.6. The number of nitrogens with zero attached hydrogens (tertiary/aromatic N) is 5. The molecule has 7 amide bonds. The predicted molar refractivity (Wildman–Crippen MR) is 334 cm³/mol. The molecule has 0 aliphatic carbocycles. The normalized spacial score (nSPS) is 33.4. The number of phosphoric acid groups is 1. The van der Waals surface area contributed by atoms with Gasteiger partial charge in [0.1, 0.15) is 18.3 Å². The van der Waals surface area contributed by atoms with E-state index in [1.165, 1.54) is 13.3 Å². The van der Waals surface area contributed by atoms with Gasteiger partial charge in [-0.3, -0.25) is 57.6 Å². The van der Waals surface area contributed by atoms with Gasteiger partial charge in [-0.05, 0) is 108 Å². The van der Waals surface area contributed by atoms with Crippen LogP contribution in [-0.4, -0.2) is 132 Å². The Balaban J connectivity index is 1.19. The number of imidazole rings is 1. The summed E-state index contributed by atoms with van der Waals surface area (Å²) in [6.45, 7) is 19.3. The van der Waals surface area contributed by atoms with E-state index < -0.39 is 143 Å². The molecule has 492 valence electrons. The summed E-state index contributed by atoms with van der Waals surface area (Å²) in [7, 11) is -5.07. The van der Waals surface area contributed by atoms with Crippen LogP contribution in [0.5, 0.6) is 0 Å². The summed E-state index contributed by atoms with van der Waals surface area (Å²) in [6, 6.07) is 2.70. The summed E-state index contributed by atoms with van der Waals surface area (Å²) >= 11 is 0. The molecule has 1 aromatic heterocycles. The summed E-state index contributed by atoms with van der Waals surface area (Å²) in [6.07, 6.45) is -4.26. The number of carbonyl (C=O) groups is 7. The van der Waals surface area contributed by atoms with Crippen LogP contribution >= 0.6 is 7.82 Å². The number of aliphatic hydroxyl groups is 2. The average Bonchev–Trinajstić information content (AvgIpc) is 1.53. The molecule has 27 nitrogen and oxygen atoms in total. The van der Waals surface area contributed by atoms with Crippen molar-refractivity contribution in [2.45, 2.75) is 189 Å². The van der Waals surface area contributed by atoms with Crippen LogP contribution in [0.2, 0.25) is 0 Å². The van der Waals surface area contributed by atoms with Crippen LogP contribution in [0, 0.1) is 59.2 Å². The smallest absolute Gasteiger partial charge is 0.394 e. The van der Waals surface area contributed by atoms with Crippen molar-refractivity contribution in [3.8, 4) is 0 Å². The highest BCUT2D eigenvalue weighted by Gasteiger charge is 2.66. The minimum Gasteiger partial charge on any atom is -0.394 e. The van der Waals surface area contributed by atoms with Gasteiger partial charge in [-0.2, -0.15) is 0 Å². The predicted octanol–water partition coefficient (Wildman–Crippen LogP) is 3.16. The largest absolute Gasteiger partial charge is 0.472 e. The fraction of sp³-hybridized carbons (Fsp3) is 0.629. The van der Waals surface area contributed by atoms with E-state index in [-0.39, 0.29) is 77.2 Å². The van der Waals surface area contributed by atoms with Gasteiger partial charge in [-0.1, -0.05) is 34.6 Å². The molecule has 6 aliphatic rings. The number of aryl methyl sites for hydroxylation is 2. The molecule has 1 aromatic carbocycles. The monoisotopic (exact) mass is 1270 g/mol. The third kappa shape index (κ3) is 13.0. The van der Waals surface area contributed by atoms with Crippen molar-refractivity contribution in [1.29, 1.82) is 0 Å². The van der Waals surface area contributed by atoms with E-state index in [9.17, 15) is 53.2 Å². The standard InChI is InChI=1S/C62H90N13O14P/c1-29-20-39-40(21-30(29)2)75(28-70-39)57-52(84)53(41(27-76)87-57)89-90(85,86)88-31(3)26-69-49(83)18-19-59(8)37(22-46(66)80)56-62(11)61(10,25-48(68)82)36(14-17-45(65)79)51(74-62)33(5)55-60(9,24-47(67)81)34(12-15-43(63)77)38(71-55)23-42-58(6,7)35(13-16-44(64)78)50(72-42)32(4)54(59)73-56/h20-21,23,28,31,34-37,41,52-53,56-57,71,76,84H,12-19,22,24-27H2,1-11H3,(H2,63,77)(H2,64,78)(H2,65,79)(H2,66,80)(H2,67,81)(H2,68,82)(H,69,83)(H,85,86)/b38-23-,50-32-,55-33?/t31-,34-,35-,36-,37+,41+,52-,53-,56+,57+,59-,60+,61+,62+/m1/s1. The Hall–Kier alpha value is -7.00. The first-order chi connectivity index (χ1) is 41.8. The van der Waals surface area contributed by atoms with Crippen molar-refractivity contribution >= 4 is 77.3 Å². The zero-order valence-electron chi connectivity index (χ0n) is 53.3. The first kappa shape index (κ1) is 68.9. The highest BCUT2D eigenvalue weighted by Crippen LogP contribution is 2.63. The SMILES string of the molecule is CC1=C2N/C(=C\C3=NC(=C(/C)C4=N[C@@H]([C@H](CC(N)=O)[C@@]4(C)CCC(=O)NC[C@@H](C)OP(=O)(O)O[C@H]4[C@@H](O)[C@@H](n5cnc6cc(C)c(C)cc65)O[C@H]4CO)[C@]4(C)N=C1[C@@H](CCC(N)=O)[C@]4(C)CC(N)=O)/[C@@H](CCC(N)=O)C3(C)C)[C@@H](CCC(N)=O)[C@]2(C)CC(N)=O. The zero-order valence-corrected chi connectivity index (χ0v) is 54.1. The van der Waals surface area contributed by atoms with Gasteiger partial charge >= 0.3 is 7.82 Å². The Morgan fingerprint density at radius 2 is 1.40 bits per heavy atom. The second kappa shape index (κ2) is 25.6. The quantitative estimate of drug-likeness (QED) is 0.0603. The minimum atomic E-state index is -5.07. The Labute approximate surface area is 523 Å². The summed E-state index contributed by atoms with van der Waals surface area (Å²) in [5.74, 6) is -7.18. The number of fused-ring (bicyclic) bond motifs is 7. The second-order valence-corrected chi connectivity index (χ2v) is 28.4. The number of phosphoric ester groups is 1. The van der Waals surface area contributed by atoms with Crippen LogP contribution in [0.1, 0.15) is 150 Å². The molecule has 17 N–H and O–H groups in total. The minimum absolute atomic E-state index is 0.0114. The lowest BCUT2D eigenvalue weighted by Crippen LogP contribution is -2.56. The molecule has 2 fully saturated rings. The molecular weight excluding hydrogens is 1180 g/mol. The van der Waals surface area contributed by atoms with Gasteiger partial charge in [0.25, 0.3) is 0 Å². The van der Waals surface area contributed by atoms with E-state index in [1.54, 1.807) is 4.57 Å². The van der Waals surface area contributed by atoms with Gasteiger partial charge in [0, 0.05) is 131 Å². The van der Waals surface area contributed by atoms with Crippen LogP contribution in [0.15, 0.2) is 67.8 Å². The highest BCUT2D eigenvalue weighted by molar-refractivity contribution is 7.47. The number of amides is 7. The summed E-state index contributed by atoms with van der Waals surface area (Å²) in [4.78, 5) is 126. The van der Waals surface area contributed by atoms with Gasteiger partial charge in [0.15, 0.2) is 6.23 Å². The van der Waals surface area contributed by atoms with Crippen LogP contribution < -0.4 is 45.0 Å². The van der Waals surface area contributed by atoms with E-state index in [2.05, 4.69) is 15.6 Å². The summed E-state index contributed by atoms with van der Waals surface area (Å²) < 4.78 is 32.3. The number of carbonyl (C=O) groups excluding carboxylic acids is 7. The molecule has 2 saturated heterocycles. The van der Waals surface area contributed by atoms with Crippen LogP contribution in [0.3, 0.4) is 0 Å². The van der Waals surface area contributed by atoms with Gasteiger partial charge in [-0.15, -0.1) is 0 Å². The van der Waals surface area contributed by atoms with E-state index in [0.29, 0.717) is 56.4 Å². The number of rotatable bonds is 26. The molecule has 1 unspecified atom stereocenters. The van der Waals surface area contributed by atoms with E-state index >= 15 is 0 Å². The Morgan fingerprint density at radius 3 is 1.99 bits per heavy atom. The molecule has 7 heterocycles. The molecule has 6 aliphatic heterocycles. The van der Waals surface area contributed by atoms with Crippen LogP contribution in [0.25, 0.3) is 11.0 Å². The fourth-order valence-electron chi connectivity index (χ4n) is 15.4. The van der Waals surface area contributed by atoms with E-state index in [4.69, 9.17) is 63.2 Å². The number of allylic oxidation sites excluding steroid dienone is 6. The number of hydrogen-bond donors (Lipinski definition) is 11. The molecule has 28 heteroatoms. The van der Waals surface area contributed by atoms with Crippen molar-refractivity contribution < 1.29 is 67.0 Å². The Kier molecular flexibility index (Phi) is 19.6. The van der Waals surface area contributed by atoms with Crippen molar-refractivity contribution in [1.82, 2.24) is 20.2 Å². The third-order valence-corrected chi connectivity index (χ3v) is 21.7. The maximum absolute atomic E-state index is 14.4. The number of benzene rings is 1. The van der Waals surface area contributed by atoms with Gasteiger partial charge in [-0.25, -0.2) is 9.55 Å². The average molecular weight is 1270 g/mol. The van der Waals surface area contributed by atoms with Crippen molar-refractivity contribution in [2.24, 2.45) is 94.7 Å². The number of hydrogen-bond acceptors (Lipinski definition) is 18. The van der Waals surface area contributed by atoms with Gasteiger partial charge in [0.2, 0.25) is 41.4 Å². The topological polar surface area (TPSA) is 460 Å². The number of aliphatic imine (C=N–C) groups is 3. The molecule has 0 radical (unpaired) electrons. The molecule has 0 spiro atoms. The third-order valence-electron chi connectivity index (χ3n) is 20.6. The summed E-state index contributed by atoms with van der Waals surface area (Å²) in [5, 5.41) is 28.2. The number of aliphatic hydroxyl groups excluding tert-OH is 2. The number of nitrogens with one attached hydrogen (secondary N) is 2. The lowest BCUT2D eigenvalue weighted by Gasteiger charge is -2.48. The lowest BCUT2D eigenvalue weighted by molar-refractivity contribution is -0.124. The van der Waals surface area contributed by atoms with Crippen molar-refractivity contribution in [3.63, 3.8) is 0 Å². The van der Waals surface area contributed by atoms with Crippen LogP contribution in [0.4, 0.5) is 0 Å². The van der Waals surface area contributed by atoms with Crippen molar-refractivity contribution in [2.75, 3.05) is 13.2 Å². The zero-order chi connectivity index (χ0) is 66.7. The van der Waals surface area contributed by atoms with E-state index in [0.717, 1.165) is 11.1 Å². The number of ether oxygens (including phenoxy) is 1. The first-order valence-electron chi connectivity index (χ1n) is 30.6. The molecular formula is C62H90N13O14P. The number of primary amides is 6. The number of nitrogens with two attached hydrogens (primary N) is 6. The molecule has 8 bridgehead atoms. The Morgan fingerprint density at radius 1 is 0.800 bits per heavy atom. The maximum atomic E-state index is 14.4. The maximum Gasteiger partial charge on any atom is 0.472 e. The lowest BCUT2D eigenvalue weighted by atomic mass is 9.55. The van der Waals surface area contributed by atoms with E-state index in [1.807, 2.05) is 87.4 Å². The Bertz CT molecular complexity index is 3540. The molecule has 15 atom stereocenters. The second-order valence-electron chi connectivity index (χ2n) is 27.1. The molecule has 0 saturated carbocycles.